The minimum absolute atomic E-state index is 0.322. The minimum atomic E-state index is -0.588. The van der Waals surface area contributed by atoms with E-state index in [0.29, 0.717) is 12.1 Å². The summed E-state index contributed by atoms with van der Waals surface area (Å²) in [6, 6.07) is 28.1. The Morgan fingerprint density at radius 2 is 1.58 bits per heavy atom. The van der Waals surface area contributed by atoms with E-state index < -0.39 is 5.54 Å². The van der Waals surface area contributed by atoms with E-state index >= 15 is 0 Å². The number of aromatic nitrogens is 1. The molecule has 0 atom stereocenters. The molecule has 31 heavy (non-hydrogen) atoms. The van der Waals surface area contributed by atoms with E-state index in [1.54, 1.807) is 6.21 Å². The topological polar surface area (TPSA) is 81.6 Å². The van der Waals surface area contributed by atoms with Crippen molar-refractivity contribution in [1.82, 2.24) is 15.8 Å². The maximum atomic E-state index is 12.8. The first-order valence-corrected chi connectivity index (χ1v) is 10.1. The van der Waals surface area contributed by atoms with Crippen molar-refractivity contribution in [3.05, 3.63) is 108 Å². The Morgan fingerprint density at radius 1 is 0.935 bits per heavy atom. The summed E-state index contributed by atoms with van der Waals surface area (Å²) >= 11 is 0. The molecule has 0 unspecified atom stereocenters. The predicted molar refractivity (Wildman–Crippen MR) is 123 cm³/mol. The highest BCUT2D eigenvalue weighted by Gasteiger charge is 2.41. The normalized spacial score (nSPS) is 15.0. The molecule has 6 nitrogen and oxygen atoms in total. The molecule has 5 rings (SSSR count). The van der Waals surface area contributed by atoms with Crippen LogP contribution in [0.25, 0.3) is 10.9 Å². The predicted octanol–water partition coefficient (Wildman–Crippen LogP) is 3.91. The standard InChI is InChI=1S/C25H21N5O/c31-24(29-27-17-18-16-26-22-14-8-7-13-21(18)22)23-15-25(30-28-23,19-9-3-1-4-10-19)20-11-5-2-6-12-20/h1-14,16-17,26,30H,15H2,(H,29,31). The maximum absolute atomic E-state index is 12.8. The van der Waals surface area contributed by atoms with Gasteiger partial charge in [0.05, 0.1) is 6.21 Å². The van der Waals surface area contributed by atoms with Gasteiger partial charge in [0.1, 0.15) is 11.3 Å². The van der Waals surface area contributed by atoms with Gasteiger partial charge < -0.3 is 4.98 Å². The lowest BCUT2D eigenvalue weighted by molar-refractivity contribution is -0.114. The first-order valence-electron chi connectivity index (χ1n) is 10.1. The molecule has 2 heterocycles. The lowest BCUT2D eigenvalue weighted by Gasteiger charge is -2.30. The number of benzene rings is 3. The third-order valence-electron chi connectivity index (χ3n) is 5.60. The average molecular weight is 407 g/mol. The Hall–Kier alpha value is -4.19. The molecule has 0 saturated carbocycles. The molecule has 1 aliphatic rings. The summed E-state index contributed by atoms with van der Waals surface area (Å²) < 4.78 is 0. The zero-order valence-electron chi connectivity index (χ0n) is 16.7. The third-order valence-corrected chi connectivity index (χ3v) is 5.60. The molecule has 152 valence electrons. The summed E-state index contributed by atoms with van der Waals surface area (Å²) in [5, 5.41) is 9.58. The molecule has 0 saturated heterocycles. The van der Waals surface area contributed by atoms with E-state index in [0.717, 1.165) is 27.6 Å². The van der Waals surface area contributed by atoms with E-state index in [9.17, 15) is 4.79 Å². The van der Waals surface area contributed by atoms with E-state index in [4.69, 9.17) is 0 Å². The van der Waals surface area contributed by atoms with Crippen molar-refractivity contribution in [3.63, 3.8) is 0 Å². The number of aromatic amines is 1. The summed E-state index contributed by atoms with van der Waals surface area (Å²) in [6.45, 7) is 0. The highest BCUT2D eigenvalue weighted by Crippen LogP contribution is 2.36. The number of carbonyl (C=O) groups excluding carboxylic acids is 1. The van der Waals surface area contributed by atoms with Gasteiger partial charge in [-0.15, -0.1) is 0 Å². The number of hydrazone groups is 2. The Bertz CT molecular complexity index is 1240. The molecule has 3 aromatic carbocycles. The Balaban J connectivity index is 1.35. The summed E-state index contributed by atoms with van der Waals surface area (Å²) in [7, 11) is 0. The Morgan fingerprint density at radius 3 is 2.29 bits per heavy atom. The minimum Gasteiger partial charge on any atom is -0.361 e. The summed E-state index contributed by atoms with van der Waals surface area (Å²) in [5.41, 5.74) is 9.70. The number of H-pyrrole nitrogens is 1. The number of fused-ring (bicyclic) bond motifs is 1. The third kappa shape index (κ3) is 3.48. The van der Waals surface area contributed by atoms with Crippen LogP contribution < -0.4 is 10.9 Å². The van der Waals surface area contributed by atoms with Crippen LogP contribution in [0.4, 0.5) is 0 Å². The van der Waals surface area contributed by atoms with Crippen LogP contribution in [0, 0.1) is 0 Å². The van der Waals surface area contributed by atoms with Gasteiger partial charge in [-0.3, -0.25) is 10.2 Å². The molecule has 4 aromatic rings. The van der Waals surface area contributed by atoms with Crippen molar-refractivity contribution in [3.8, 4) is 0 Å². The van der Waals surface area contributed by atoms with Crippen LogP contribution in [-0.4, -0.2) is 22.8 Å². The fraction of sp³-hybridized carbons (Fsp3) is 0.0800. The largest absolute Gasteiger partial charge is 0.361 e. The second kappa shape index (κ2) is 7.91. The zero-order valence-corrected chi connectivity index (χ0v) is 16.7. The van der Waals surface area contributed by atoms with Gasteiger partial charge in [0, 0.05) is 29.1 Å². The first kappa shape index (κ1) is 18.8. The SMILES string of the molecule is O=C(NN=Cc1c[nH]c2ccccc12)C1=NNC(c2ccccc2)(c2ccccc2)C1. The second-order valence-corrected chi connectivity index (χ2v) is 7.47. The van der Waals surface area contributed by atoms with Crippen LogP contribution in [0.15, 0.2) is 101 Å². The van der Waals surface area contributed by atoms with Gasteiger partial charge in [-0.1, -0.05) is 78.9 Å². The molecule has 0 bridgehead atoms. The molecule has 3 N–H and O–H groups in total. The van der Waals surface area contributed by atoms with Gasteiger partial charge in [0.25, 0.3) is 5.91 Å². The maximum Gasteiger partial charge on any atom is 0.287 e. The van der Waals surface area contributed by atoms with Crippen molar-refractivity contribution < 1.29 is 4.79 Å². The molecular weight excluding hydrogens is 386 g/mol. The molecule has 1 aromatic heterocycles. The summed E-state index contributed by atoms with van der Waals surface area (Å²) in [6.07, 6.45) is 3.93. The monoisotopic (exact) mass is 407 g/mol. The number of nitrogens with zero attached hydrogens (tertiary/aromatic N) is 2. The fourth-order valence-corrected chi connectivity index (χ4v) is 4.00. The van der Waals surface area contributed by atoms with Gasteiger partial charge in [-0.25, -0.2) is 5.43 Å². The quantitative estimate of drug-likeness (QED) is 0.346. The zero-order chi connectivity index (χ0) is 21.1. The number of hydrogen-bond acceptors (Lipinski definition) is 4. The number of rotatable bonds is 5. The smallest absolute Gasteiger partial charge is 0.287 e. The van der Waals surface area contributed by atoms with E-state index in [1.807, 2.05) is 91.1 Å². The summed E-state index contributed by atoms with van der Waals surface area (Å²) in [4.78, 5) is 16.0. The van der Waals surface area contributed by atoms with Crippen LogP contribution in [-0.2, 0) is 10.3 Å². The van der Waals surface area contributed by atoms with Crippen molar-refractivity contribution >= 4 is 28.7 Å². The molecular formula is C25H21N5O. The Kier molecular flexibility index (Phi) is 4.80. The van der Waals surface area contributed by atoms with Crippen LogP contribution in [0.2, 0.25) is 0 Å². The number of nitrogens with one attached hydrogen (secondary N) is 3. The van der Waals surface area contributed by atoms with Gasteiger partial charge >= 0.3 is 0 Å². The number of carbonyl (C=O) groups is 1. The first-order chi connectivity index (χ1) is 15.3. The number of amides is 1. The van der Waals surface area contributed by atoms with Crippen molar-refractivity contribution in [2.45, 2.75) is 12.0 Å². The van der Waals surface area contributed by atoms with Crippen LogP contribution >= 0.6 is 0 Å². The van der Waals surface area contributed by atoms with Gasteiger partial charge in [-0.2, -0.15) is 10.2 Å². The fourth-order valence-electron chi connectivity index (χ4n) is 4.00. The van der Waals surface area contributed by atoms with Crippen LogP contribution in [0.5, 0.6) is 0 Å². The van der Waals surface area contributed by atoms with E-state index in [2.05, 4.69) is 26.0 Å². The number of hydrogen-bond donors (Lipinski definition) is 3. The van der Waals surface area contributed by atoms with Gasteiger partial charge in [0.15, 0.2) is 0 Å². The molecule has 1 aliphatic heterocycles. The highest BCUT2D eigenvalue weighted by molar-refractivity contribution is 6.39. The molecule has 1 amide bonds. The molecule has 6 heteroatoms. The molecule has 0 radical (unpaired) electrons. The second-order valence-electron chi connectivity index (χ2n) is 7.47. The van der Waals surface area contributed by atoms with Gasteiger partial charge in [-0.05, 0) is 17.2 Å². The average Bonchev–Trinajstić information content (AvgIpc) is 3.46. The van der Waals surface area contributed by atoms with Gasteiger partial charge in [0.2, 0.25) is 0 Å². The summed E-state index contributed by atoms with van der Waals surface area (Å²) in [5.74, 6) is -0.322. The highest BCUT2D eigenvalue weighted by atomic mass is 16.2. The van der Waals surface area contributed by atoms with Crippen LogP contribution in [0.1, 0.15) is 23.1 Å². The lowest BCUT2D eigenvalue weighted by Crippen LogP contribution is -2.38. The Labute approximate surface area is 179 Å². The lowest BCUT2D eigenvalue weighted by atomic mass is 9.80. The van der Waals surface area contributed by atoms with Crippen molar-refractivity contribution in [2.75, 3.05) is 0 Å². The molecule has 0 fully saturated rings. The van der Waals surface area contributed by atoms with E-state index in [1.165, 1.54) is 0 Å². The van der Waals surface area contributed by atoms with Crippen molar-refractivity contribution in [2.24, 2.45) is 10.2 Å². The number of para-hydroxylation sites is 1. The molecule has 0 aliphatic carbocycles. The molecule has 0 spiro atoms. The van der Waals surface area contributed by atoms with Crippen molar-refractivity contribution in [1.29, 1.82) is 0 Å². The van der Waals surface area contributed by atoms with E-state index in [-0.39, 0.29) is 5.91 Å². The van der Waals surface area contributed by atoms with Crippen LogP contribution in [0.3, 0.4) is 0 Å².